The second-order valence-electron chi connectivity index (χ2n) is 8.49. The van der Waals surface area contributed by atoms with Crippen LogP contribution in [0.25, 0.3) is 0 Å². The average molecular weight is 460 g/mol. The Morgan fingerprint density at radius 2 is 1.47 bits per heavy atom. The highest BCUT2D eigenvalue weighted by atomic mass is 16.5. The predicted molar refractivity (Wildman–Crippen MR) is 135 cm³/mol. The molecule has 3 aromatic carbocycles. The van der Waals surface area contributed by atoms with Crippen LogP contribution in [0.15, 0.2) is 89.1 Å². The van der Waals surface area contributed by atoms with Crippen LogP contribution >= 0.6 is 0 Å². The molecule has 178 valence electrons. The number of azo groups is 1. The van der Waals surface area contributed by atoms with Gasteiger partial charge in [0.2, 0.25) is 0 Å². The lowest BCUT2D eigenvalue weighted by Gasteiger charge is -2.25. The molecule has 3 aromatic rings. The summed E-state index contributed by atoms with van der Waals surface area (Å²) in [6.45, 7) is 6.88. The molecular weight excluding hydrogens is 426 g/mol. The van der Waals surface area contributed by atoms with Crippen molar-refractivity contribution in [2.24, 2.45) is 10.2 Å². The van der Waals surface area contributed by atoms with Crippen LogP contribution in [0, 0.1) is 0 Å². The Bertz CT molecular complexity index is 1050. The van der Waals surface area contributed by atoms with Crippen molar-refractivity contribution in [1.82, 2.24) is 5.32 Å². The number of carbonyl (C=O) groups excluding carboxylic acids is 1. The first kappa shape index (κ1) is 25.0. The van der Waals surface area contributed by atoms with Gasteiger partial charge in [0.1, 0.15) is 11.5 Å². The van der Waals surface area contributed by atoms with Gasteiger partial charge in [0, 0.05) is 13.0 Å². The highest BCUT2D eigenvalue weighted by molar-refractivity contribution is 5.84. The Kier molecular flexibility index (Phi) is 9.21. The fourth-order valence-corrected chi connectivity index (χ4v) is 3.16. The molecule has 0 saturated heterocycles. The monoisotopic (exact) mass is 459 g/mol. The van der Waals surface area contributed by atoms with E-state index in [4.69, 9.17) is 9.47 Å². The summed E-state index contributed by atoms with van der Waals surface area (Å²) in [4.78, 5) is 12.3. The van der Waals surface area contributed by atoms with Crippen LogP contribution in [0.1, 0.15) is 39.2 Å². The van der Waals surface area contributed by atoms with Crippen LogP contribution in [0.2, 0.25) is 0 Å². The molecule has 0 aliphatic heterocycles. The number of benzene rings is 3. The van der Waals surface area contributed by atoms with E-state index in [2.05, 4.69) is 22.5 Å². The number of nitrogens with zero attached hydrogens (tertiary/aromatic N) is 2. The molecule has 0 radical (unpaired) electrons. The molecule has 0 aromatic heterocycles. The Morgan fingerprint density at radius 1 is 0.853 bits per heavy atom. The van der Waals surface area contributed by atoms with E-state index in [1.165, 1.54) is 0 Å². The molecule has 0 unspecified atom stereocenters. The number of amides is 1. The van der Waals surface area contributed by atoms with Gasteiger partial charge in [-0.2, -0.15) is 10.2 Å². The Hall–Kier alpha value is -3.67. The second-order valence-corrected chi connectivity index (χ2v) is 8.49. The quantitative estimate of drug-likeness (QED) is 0.239. The summed E-state index contributed by atoms with van der Waals surface area (Å²) in [5.74, 6) is 1.35. The molecule has 0 fully saturated rings. The van der Waals surface area contributed by atoms with E-state index in [0.29, 0.717) is 18.9 Å². The van der Waals surface area contributed by atoms with Gasteiger partial charge in [-0.05, 0) is 74.4 Å². The highest BCUT2D eigenvalue weighted by Crippen LogP contribution is 2.22. The van der Waals surface area contributed by atoms with Crippen molar-refractivity contribution in [2.45, 2.75) is 45.6 Å². The molecular formula is C28H33N3O3. The van der Waals surface area contributed by atoms with Crippen molar-refractivity contribution in [3.05, 3.63) is 84.4 Å². The van der Waals surface area contributed by atoms with E-state index in [1.54, 1.807) is 13.8 Å². The molecule has 0 heterocycles. The normalized spacial score (nSPS) is 11.4. The summed E-state index contributed by atoms with van der Waals surface area (Å²) in [5, 5.41) is 11.4. The van der Waals surface area contributed by atoms with Crippen molar-refractivity contribution < 1.29 is 14.3 Å². The molecule has 34 heavy (non-hydrogen) atoms. The van der Waals surface area contributed by atoms with Gasteiger partial charge < -0.3 is 14.8 Å². The van der Waals surface area contributed by atoms with Gasteiger partial charge in [-0.1, -0.05) is 43.7 Å². The van der Waals surface area contributed by atoms with Crippen LogP contribution in [0.3, 0.4) is 0 Å². The summed E-state index contributed by atoms with van der Waals surface area (Å²) in [6, 6.07) is 25.0. The maximum absolute atomic E-state index is 12.3. The number of unbranched alkanes of at least 4 members (excludes halogenated alkanes) is 1. The predicted octanol–water partition coefficient (Wildman–Crippen LogP) is 6.80. The lowest BCUT2D eigenvalue weighted by molar-refractivity contribution is -0.134. The number of rotatable bonds is 12. The third-order valence-electron chi connectivity index (χ3n) is 5.19. The molecule has 0 atom stereocenters. The largest absolute Gasteiger partial charge is 0.493 e. The fourth-order valence-electron chi connectivity index (χ4n) is 3.16. The minimum absolute atomic E-state index is 0.106. The van der Waals surface area contributed by atoms with Crippen LogP contribution in [-0.4, -0.2) is 24.7 Å². The van der Waals surface area contributed by atoms with Crippen molar-refractivity contribution >= 4 is 17.3 Å². The van der Waals surface area contributed by atoms with E-state index < -0.39 is 5.60 Å². The SMILES string of the molecule is CCCCNC(=O)C(C)(C)Oc1ccc(CCOc2ccc(N=Nc3ccccc3)cc2)cc1. The number of nitrogens with one attached hydrogen (secondary N) is 1. The molecule has 0 aliphatic rings. The first-order chi connectivity index (χ1) is 16.5. The first-order valence-electron chi connectivity index (χ1n) is 11.7. The van der Waals surface area contributed by atoms with Crippen molar-refractivity contribution in [3.63, 3.8) is 0 Å². The van der Waals surface area contributed by atoms with E-state index in [9.17, 15) is 4.79 Å². The van der Waals surface area contributed by atoms with Crippen molar-refractivity contribution in [1.29, 1.82) is 0 Å². The highest BCUT2D eigenvalue weighted by Gasteiger charge is 2.29. The summed E-state index contributed by atoms with van der Waals surface area (Å²) in [6.07, 6.45) is 2.76. The zero-order valence-corrected chi connectivity index (χ0v) is 20.2. The second kappa shape index (κ2) is 12.5. The number of carbonyl (C=O) groups is 1. The number of ether oxygens (including phenoxy) is 2. The minimum Gasteiger partial charge on any atom is -0.493 e. The van der Waals surface area contributed by atoms with Crippen LogP contribution in [0.5, 0.6) is 11.5 Å². The summed E-state index contributed by atoms with van der Waals surface area (Å²) >= 11 is 0. The molecule has 6 nitrogen and oxygen atoms in total. The summed E-state index contributed by atoms with van der Waals surface area (Å²) < 4.78 is 11.8. The molecule has 0 bridgehead atoms. The van der Waals surface area contributed by atoms with Gasteiger partial charge in [0.05, 0.1) is 18.0 Å². The van der Waals surface area contributed by atoms with Gasteiger partial charge >= 0.3 is 0 Å². The molecule has 3 rings (SSSR count). The maximum atomic E-state index is 12.3. The lowest BCUT2D eigenvalue weighted by Crippen LogP contribution is -2.46. The zero-order valence-electron chi connectivity index (χ0n) is 20.2. The van der Waals surface area contributed by atoms with Crippen LogP contribution in [-0.2, 0) is 11.2 Å². The Balaban J connectivity index is 1.43. The molecule has 1 N–H and O–H groups in total. The molecule has 0 aliphatic carbocycles. The molecule has 1 amide bonds. The first-order valence-corrected chi connectivity index (χ1v) is 11.7. The van der Waals surface area contributed by atoms with Gasteiger partial charge in [0.25, 0.3) is 5.91 Å². The summed E-state index contributed by atoms with van der Waals surface area (Å²) in [7, 11) is 0. The lowest BCUT2D eigenvalue weighted by atomic mass is 10.1. The van der Waals surface area contributed by atoms with Crippen molar-refractivity contribution in [3.8, 4) is 11.5 Å². The van der Waals surface area contributed by atoms with E-state index in [-0.39, 0.29) is 5.91 Å². The minimum atomic E-state index is -0.925. The van der Waals surface area contributed by atoms with E-state index in [1.807, 2.05) is 78.9 Å². The average Bonchev–Trinajstić information content (AvgIpc) is 2.85. The van der Waals surface area contributed by atoms with Gasteiger partial charge in [0.15, 0.2) is 5.60 Å². The standard InChI is InChI=1S/C28H33N3O3/c1-4-5-20-29-27(32)28(2,3)34-26-15-11-22(12-16-26)19-21-33-25-17-13-24(14-18-25)31-30-23-9-7-6-8-10-23/h6-18H,4-5,19-21H2,1-3H3,(H,29,32). The van der Waals surface area contributed by atoms with Crippen molar-refractivity contribution in [2.75, 3.05) is 13.2 Å². The topological polar surface area (TPSA) is 72.3 Å². The number of hydrogen-bond donors (Lipinski definition) is 1. The molecule has 0 spiro atoms. The van der Waals surface area contributed by atoms with Gasteiger partial charge in [-0.25, -0.2) is 0 Å². The van der Waals surface area contributed by atoms with Gasteiger partial charge in [-0.15, -0.1) is 0 Å². The smallest absolute Gasteiger partial charge is 0.263 e. The molecule has 6 heteroatoms. The Morgan fingerprint density at radius 3 is 2.12 bits per heavy atom. The maximum Gasteiger partial charge on any atom is 0.263 e. The van der Waals surface area contributed by atoms with Crippen LogP contribution in [0.4, 0.5) is 11.4 Å². The van der Waals surface area contributed by atoms with E-state index >= 15 is 0 Å². The van der Waals surface area contributed by atoms with Crippen LogP contribution < -0.4 is 14.8 Å². The third-order valence-corrected chi connectivity index (χ3v) is 5.19. The third kappa shape index (κ3) is 8.03. The Labute approximate surface area is 202 Å². The van der Waals surface area contributed by atoms with E-state index in [0.717, 1.165) is 42.0 Å². The zero-order chi connectivity index (χ0) is 24.2. The van der Waals surface area contributed by atoms with Gasteiger partial charge in [-0.3, -0.25) is 4.79 Å². The summed E-state index contributed by atoms with van der Waals surface area (Å²) in [5.41, 5.74) is 1.79. The fraction of sp³-hybridized carbons (Fsp3) is 0.321. The number of hydrogen-bond acceptors (Lipinski definition) is 5. The molecule has 0 saturated carbocycles.